The van der Waals surface area contributed by atoms with Crippen LogP contribution in [-0.2, 0) is 21.2 Å². The molecule has 0 radical (unpaired) electrons. The van der Waals surface area contributed by atoms with Gasteiger partial charge in [0.25, 0.3) is 0 Å². The summed E-state index contributed by atoms with van der Waals surface area (Å²) in [6.45, 7) is 0.757. The van der Waals surface area contributed by atoms with E-state index in [-0.39, 0.29) is 17.1 Å². The van der Waals surface area contributed by atoms with E-state index in [1.165, 1.54) is 18.5 Å². The number of benzene rings is 1. The number of nitrogens with zero attached hydrogens (tertiary/aromatic N) is 2. The summed E-state index contributed by atoms with van der Waals surface area (Å²) in [5, 5.41) is 9.57. The minimum Gasteiger partial charge on any atom is -0.379 e. The van der Waals surface area contributed by atoms with Crippen LogP contribution in [-0.4, -0.2) is 32.2 Å². The molecule has 0 saturated carbocycles. The van der Waals surface area contributed by atoms with Crippen molar-refractivity contribution in [3.05, 3.63) is 58.9 Å². The summed E-state index contributed by atoms with van der Waals surface area (Å²) in [5.41, 5.74) is 0.411. The maximum absolute atomic E-state index is 12.8. The second-order valence-electron chi connectivity index (χ2n) is 6.01. The molecule has 1 aromatic carbocycles. The standard InChI is InChI=1S/C17H16ClN3O3S/c18-15-3-1-13(2-4-15)8-17(5-6-24-12-17)21-25(22,23)16-7-14(9-19)10-20-11-16/h1-4,7,10-11,21H,5-6,8,12H2. The second kappa shape index (κ2) is 7.10. The zero-order valence-electron chi connectivity index (χ0n) is 13.3. The molecular weight excluding hydrogens is 362 g/mol. The lowest BCUT2D eigenvalue weighted by molar-refractivity contribution is 0.173. The SMILES string of the molecule is N#Cc1cncc(S(=O)(=O)NC2(Cc3ccc(Cl)cc3)CCOC2)c1. The number of halogens is 1. The molecule has 0 aliphatic carbocycles. The number of pyridine rings is 1. The van der Waals surface area contributed by atoms with Gasteiger partial charge in [0.05, 0.1) is 17.7 Å². The van der Waals surface area contributed by atoms with Gasteiger partial charge in [-0.1, -0.05) is 23.7 Å². The van der Waals surface area contributed by atoms with Crippen molar-refractivity contribution in [2.24, 2.45) is 0 Å². The highest BCUT2D eigenvalue weighted by molar-refractivity contribution is 7.89. The average Bonchev–Trinajstić information content (AvgIpc) is 3.04. The Morgan fingerprint density at radius 1 is 1.32 bits per heavy atom. The zero-order valence-corrected chi connectivity index (χ0v) is 14.8. The van der Waals surface area contributed by atoms with Crippen LogP contribution in [0.2, 0.25) is 5.02 Å². The Hall–Kier alpha value is -1.98. The Morgan fingerprint density at radius 2 is 2.08 bits per heavy atom. The van der Waals surface area contributed by atoms with Gasteiger partial charge in [0.2, 0.25) is 10.0 Å². The molecule has 1 aliphatic rings. The molecule has 0 spiro atoms. The molecule has 1 aromatic heterocycles. The van der Waals surface area contributed by atoms with E-state index in [2.05, 4.69) is 9.71 Å². The van der Waals surface area contributed by atoms with E-state index < -0.39 is 15.6 Å². The third-order valence-corrected chi connectivity index (χ3v) is 5.86. The summed E-state index contributed by atoms with van der Waals surface area (Å²) in [7, 11) is -3.83. The summed E-state index contributed by atoms with van der Waals surface area (Å²) in [5.74, 6) is 0. The minimum atomic E-state index is -3.83. The van der Waals surface area contributed by atoms with Gasteiger partial charge >= 0.3 is 0 Å². The third kappa shape index (κ3) is 4.17. The van der Waals surface area contributed by atoms with Gasteiger partial charge in [-0.05, 0) is 36.6 Å². The van der Waals surface area contributed by atoms with Crippen molar-refractivity contribution in [3.63, 3.8) is 0 Å². The molecule has 1 atom stereocenters. The molecule has 1 fully saturated rings. The Bertz CT molecular complexity index is 901. The van der Waals surface area contributed by atoms with Crippen LogP contribution < -0.4 is 4.72 Å². The van der Waals surface area contributed by atoms with Gasteiger partial charge < -0.3 is 4.74 Å². The summed E-state index contributed by atoms with van der Waals surface area (Å²) in [4.78, 5) is 3.79. The topological polar surface area (TPSA) is 92.1 Å². The Morgan fingerprint density at radius 3 is 2.72 bits per heavy atom. The molecule has 8 heteroatoms. The largest absolute Gasteiger partial charge is 0.379 e. The zero-order chi connectivity index (χ0) is 17.9. The predicted molar refractivity (Wildman–Crippen MR) is 92.6 cm³/mol. The number of sulfonamides is 1. The molecule has 2 aromatic rings. The van der Waals surface area contributed by atoms with Crippen molar-refractivity contribution in [1.29, 1.82) is 5.26 Å². The minimum absolute atomic E-state index is 0.0334. The Labute approximate surface area is 151 Å². The lowest BCUT2D eigenvalue weighted by Crippen LogP contribution is -2.50. The van der Waals surface area contributed by atoms with Crippen molar-refractivity contribution in [3.8, 4) is 6.07 Å². The number of hydrogen-bond donors (Lipinski definition) is 1. The van der Waals surface area contributed by atoms with Crippen molar-refractivity contribution < 1.29 is 13.2 Å². The number of rotatable bonds is 5. The van der Waals surface area contributed by atoms with Crippen LogP contribution in [0.1, 0.15) is 17.5 Å². The van der Waals surface area contributed by atoms with Crippen molar-refractivity contribution in [1.82, 2.24) is 9.71 Å². The first-order valence-corrected chi connectivity index (χ1v) is 9.50. The monoisotopic (exact) mass is 377 g/mol. The van der Waals surface area contributed by atoms with Crippen LogP contribution in [0, 0.1) is 11.3 Å². The quantitative estimate of drug-likeness (QED) is 0.863. The molecule has 1 aliphatic heterocycles. The molecule has 6 nitrogen and oxygen atoms in total. The molecule has 2 heterocycles. The van der Waals surface area contributed by atoms with E-state index in [9.17, 15) is 8.42 Å². The maximum atomic E-state index is 12.8. The van der Waals surface area contributed by atoms with Crippen molar-refractivity contribution in [2.75, 3.05) is 13.2 Å². The molecule has 0 bridgehead atoms. The van der Waals surface area contributed by atoms with Gasteiger partial charge in [-0.15, -0.1) is 0 Å². The van der Waals surface area contributed by atoms with Gasteiger partial charge in [-0.2, -0.15) is 5.26 Å². The highest BCUT2D eigenvalue weighted by Gasteiger charge is 2.39. The smallest absolute Gasteiger partial charge is 0.242 e. The Balaban J connectivity index is 1.88. The fourth-order valence-electron chi connectivity index (χ4n) is 2.83. The van der Waals surface area contributed by atoms with E-state index in [1.807, 2.05) is 18.2 Å². The normalized spacial score (nSPS) is 20.3. The van der Waals surface area contributed by atoms with Crippen LogP contribution in [0.15, 0.2) is 47.6 Å². The molecule has 130 valence electrons. The predicted octanol–water partition coefficient (Wildman–Crippen LogP) is 2.29. The lowest BCUT2D eigenvalue weighted by atomic mass is 9.91. The number of nitriles is 1. The first-order valence-electron chi connectivity index (χ1n) is 7.64. The van der Waals surface area contributed by atoms with Crippen LogP contribution in [0.4, 0.5) is 0 Å². The summed E-state index contributed by atoms with van der Waals surface area (Å²) < 4.78 is 33.8. The van der Waals surface area contributed by atoms with Gasteiger partial charge in [0.15, 0.2) is 0 Å². The van der Waals surface area contributed by atoms with E-state index in [1.54, 1.807) is 12.1 Å². The molecule has 25 heavy (non-hydrogen) atoms. The van der Waals surface area contributed by atoms with Gasteiger partial charge in [-0.25, -0.2) is 13.1 Å². The van der Waals surface area contributed by atoms with E-state index in [0.29, 0.717) is 24.5 Å². The molecule has 3 rings (SSSR count). The third-order valence-electron chi connectivity index (χ3n) is 4.06. The molecule has 1 N–H and O–H groups in total. The fourth-order valence-corrected chi connectivity index (χ4v) is 4.36. The number of nitrogens with one attached hydrogen (secondary N) is 1. The fraction of sp³-hybridized carbons (Fsp3) is 0.294. The van der Waals surface area contributed by atoms with Crippen molar-refractivity contribution in [2.45, 2.75) is 23.3 Å². The average molecular weight is 378 g/mol. The van der Waals surface area contributed by atoms with Crippen LogP contribution in [0.25, 0.3) is 0 Å². The number of ether oxygens (including phenoxy) is 1. The Kier molecular flexibility index (Phi) is 5.06. The number of aromatic nitrogens is 1. The molecule has 1 saturated heterocycles. The second-order valence-corrected chi connectivity index (χ2v) is 8.13. The van der Waals surface area contributed by atoms with Gasteiger partial charge in [0, 0.05) is 24.0 Å². The van der Waals surface area contributed by atoms with E-state index >= 15 is 0 Å². The van der Waals surface area contributed by atoms with Gasteiger partial charge in [-0.3, -0.25) is 4.98 Å². The molecule has 0 amide bonds. The molecule has 1 unspecified atom stereocenters. The number of hydrogen-bond acceptors (Lipinski definition) is 5. The highest BCUT2D eigenvalue weighted by atomic mass is 35.5. The summed E-state index contributed by atoms with van der Waals surface area (Å²) in [6, 6.07) is 10.5. The van der Waals surface area contributed by atoms with Crippen molar-refractivity contribution >= 4 is 21.6 Å². The molecular formula is C17H16ClN3O3S. The van der Waals surface area contributed by atoms with Gasteiger partial charge in [0.1, 0.15) is 11.0 Å². The summed E-state index contributed by atoms with van der Waals surface area (Å²) in [6.07, 6.45) is 3.59. The van der Waals surface area contributed by atoms with E-state index in [4.69, 9.17) is 21.6 Å². The maximum Gasteiger partial charge on any atom is 0.242 e. The highest BCUT2D eigenvalue weighted by Crippen LogP contribution is 2.27. The van der Waals surface area contributed by atoms with E-state index in [0.717, 1.165) is 5.56 Å². The van der Waals surface area contributed by atoms with Crippen LogP contribution in [0.5, 0.6) is 0 Å². The van der Waals surface area contributed by atoms with Crippen LogP contribution in [0.3, 0.4) is 0 Å². The first-order chi connectivity index (χ1) is 11.9. The van der Waals surface area contributed by atoms with Crippen LogP contribution >= 0.6 is 11.6 Å². The summed E-state index contributed by atoms with van der Waals surface area (Å²) >= 11 is 5.91. The lowest BCUT2D eigenvalue weighted by Gasteiger charge is -2.28. The first kappa shape index (κ1) is 17.8.